The summed E-state index contributed by atoms with van der Waals surface area (Å²) in [6.45, 7) is 4.79. The van der Waals surface area contributed by atoms with Gasteiger partial charge in [-0.15, -0.1) is 0 Å². The molecule has 0 aliphatic carbocycles. The molecule has 1 atom stereocenters. The van der Waals surface area contributed by atoms with E-state index in [1.54, 1.807) is 6.26 Å². The van der Waals surface area contributed by atoms with E-state index in [0.29, 0.717) is 6.04 Å². The lowest BCUT2D eigenvalue weighted by molar-refractivity contribution is 0.177. The Hall–Kier alpha value is -0.450. The van der Waals surface area contributed by atoms with Crippen LogP contribution in [0.15, 0.2) is 22.8 Å². The molecule has 1 unspecified atom stereocenters. The summed E-state index contributed by atoms with van der Waals surface area (Å²) in [6.07, 6.45) is 6.29. The maximum atomic E-state index is 5.88. The predicted octanol–water partition coefficient (Wildman–Crippen LogP) is 2.57. The first-order valence-electron chi connectivity index (χ1n) is 6.27. The molecule has 1 heterocycles. The van der Waals surface area contributed by atoms with Crippen LogP contribution in [-0.4, -0.2) is 36.0 Å². The third kappa shape index (κ3) is 5.15. The zero-order valence-electron chi connectivity index (χ0n) is 10.9. The van der Waals surface area contributed by atoms with Crippen molar-refractivity contribution in [3.8, 4) is 0 Å². The van der Waals surface area contributed by atoms with Crippen LogP contribution in [0.4, 0.5) is 0 Å². The van der Waals surface area contributed by atoms with Crippen molar-refractivity contribution in [3.05, 3.63) is 24.2 Å². The van der Waals surface area contributed by atoms with Crippen LogP contribution in [0, 0.1) is 0 Å². The molecule has 0 fully saturated rings. The molecule has 0 spiro atoms. The van der Waals surface area contributed by atoms with Crippen LogP contribution in [0.2, 0.25) is 0 Å². The molecule has 3 nitrogen and oxygen atoms in total. The number of hydrogen-bond donors (Lipinski definition) is 1. The Morgan fingerprint density at radius 3 is 2.88 bits per heavy atom. The fourth-order valence-corrected chi connectivity index (χ4v) is 2.47. The summed E-state index contributed by atoms with van der Waals surface area (Å²) in [5.41, 5.74) is 5.88. The highest BCUT2D eigenvalue weighted by molar-refractivity contribution is 7.98. The van der Waals surface area contributed by atoms with E-state index in [-0.39, 0.29) is 0 Å². The Labute approximate surface area is 109 Å². The number of furan rings is 1. The highest BCUT2D eigenvalue weighted by Crippen LogP contribution is 2.13. The normalized spacial score (nSPS) is 13.2. The van der Waals surface area contributed by atoms with E-state index in [1.165, 1.54) is 18.6 Å². The molecule has 1 aromatic rings. The van der Waals surface area contributed by atoms with Gasteiger partial charge in [-0.2, -0.15) is 11.8 Å². The summed E-state index contributed by atoms with van der Waals surface area (Å²) in [5.74, 6) is 2.24. The van der Waals surface area contributed by atoms with Gasteiger partial charge in [0.2, 0.25) is 0 Å². The second-order valence-electron chi connectivity index (χ2n) is 4.17. The summed E-state index contributed by atoms with van der Waals surface area (Å²) < 4.78 is 5.40. The Bertz CT molecular complexity index is 277. The first-order chi connectivity index (χ1) is 8.31. The Kier molecular flexibility index (Phi) is 7.40. The van der Waals surface area contributed by atoms with E-state index in [1.807, 2.05) is 23.9 Å². The molecular formula is C13H24N2OS. The van der Waals surface area contributed by atoms with Crippen molar-refractivity contribution >= 4 is 11.8 Å². The Balaban J connectivity index is 2.44. The monoisotopic (exact) mass is 256 g/mol. The van der Waals surface area contributed by atoms with Crippen LogP contribution in [0.3, 0.4) is 0 Å². The van der Waals surface area contributed by atoms with Gasteiger partial charge in [0.25, 0.3) is 0 Å². The van der Waals surface area contributed by atoms with E-state index < -0.39 is 0 Å². The van der Waals surface area contributed by atoms with Gasteiger partial charge in [-0.1, -0.05) is 6.92 Å². The van der Waals surface area contributed by atoms with Crippen molar-refractivity contribution in [2.75, 3.05) is 25.1 Å². The smallest absolute Gasteiger partial charge is 0.117 e. The summed E-state index contributed by atoms with van der Waals surface area (Å²) >= 11 is 1.90. The van der Waals surface area contributed by atoms with Crippen molar-refractivity contribution in [1.29, 1.82) is 0 Å². The molecule has 1 rings (SSSR count). The molecule has 98 valence electrons. The van der Waals surface area contributed by atoms with Crippen LogP contribution in [0.1, 0.15) is 25.5 Å². The molecule has 1 aromatic heterocycles. The molecule has 0 aromatic carbocycles. The van der Waals surface area contributed by atoms with E-state index in [9.17, 15) is 0 Å². The van der Waals surface area contributed by atoms with E-state index in [4.69, 9.17) is 10.2 Å². The van der Waals surface area contributed by atoms with Crippen molar-refractivity contribution in [2.45, 2.75) is 32.4 Å². The van der Waals surface area contributed by atoms with Gasteiger partial charge in [-0.05, 0) is 43.5 Å². The molecule has 4 heteroatoms. The van der Waals surface area contributed by atoms with Gasteiger partial charge in [-0.3, -0.25) is 4.90 Å². The van der Waals surface area contributed by atoms with Gasteiger partial charge in [0.1, 0.15) is 5.76 Å². The molecule has 0 aliphatic rings. The predicted molar refractivity (Wildman–Crippen MR) is 75.3 cm³/mol. The number of nitrogens with two attached hydrogens (primary N) is 1. The summed E-state index contributed by atoms with van der Waals surface area (Å²) in [5, 5.41) is 0. The van der Waals surface area contributed by atoms with Gasteiger partial charge in [0, 0.05) is 12.6 Å². The number of hydrogen-bond acceptors (Lipinski definition) is 4. The van der Waals surface area contributed by atoms with Crippen LogP contribution < -0.4 is 5.73 Å². The molecule has 17 heavy (non-hydrogen) atoms. The fourth-order valence-electron chi connectivity index (χ4n) is 2.01. The third-order valence-corrected chi connectivity index (χ3v) is 3.72. The van der Waals surface area contributed by atoms with Gasteiger partial charge >= 0.3 is 0 Å². The average Bonchev–Trinajstić information content (AvgIpc) is 2.85. The van der Waals surface area contributed by atoms with Gasteiger partial charge in [-0.25, -0.2) is 0 Å². The van der Waals surface area contributed by atoms with E-state index in [2.05, 4.69) is 18.1 Å². The fraction of sp³-hybridized carbons (Fsp3) is 0.692. The number of likely N-dealkylation sites (N-methyl/N-ethyl adjacent to an activating group) is 1. The zero-order chi connectivity index (χ0) is 12.5. The van der Waals surface area contributed by atoms with E-state index in [0.717, 1.165) is 25.4 Å². The standard InChI is InChI=1S/C13H24N2OS/c1-3-15(11-13-7-4-8-16-13)12(10-14)6-5-9-17-2/h4,7-8,12H,3,5-6,9-11,14H2,1-2H3. The third-order valence-electron chi connectivity index (χ3n) is 3.02. The largest absolute Gasteiger partial charge is 0.468 e. The van der Waals surface area contributed by atoms with Crippen LogP contribution in [0.5, 0.6) is 0 Å². The van der Waals surface area contributed by atoms with Gasteiger partial charge in [0.15, 0.2) is 0 Å². The molecule has 0 saturated carbocycles. The minimum absolute atomic E-state index is 0.470. The topological polar surface area (TPSA) is 42.4 Å². The maximum absolute atomic E-state index is 5.88. The lowest BCUT2D eigenvalue weighted by atomic mass is 10.1. The highest BCUT2D eigenvalue weighted by Gasteiger charge is 2.16. The lowest BCUT2D eigenvalue weighted by Crippen LogP contribution is -2.40. The number of thioether (sulfide) groups is 1. The summed E-state index contributed by atoms with van der Waals surface area (Å²) in [6, 6.07) is 4.43. The number of rotatable bonds is 9. The first-order valence-corrected chi connectivity index (χ1v) is 7.66. The summed E-state index contributed by atoms with van der Waals surface area (Å²) in [4.78, 5) is 2.40. The highest BCUT2D eigenvalue weighted by atomic mass is 32.2. The zero-order valence-corrected chi connectivity index (χ0v) is 11.7. The molecule has 2 N–H and O–H groups in total. The van der Waals surface area contributed by atoms with E-state index >= 15 is 0 Å². The second-order valence-corrected chi connectivity index (χ2v) is 5.15. The Morgan fingerprint density at radius 2 is 2.35 bits per heavy atom. The number of nitrogens with zero attached hydrogens (tertiary/aromatic N) is 1. The molecule has 0 aliphatic heterocycles. The van der Waals surface area contributed by atoms with Crippen molar-refractivity contribution in [2.24, 2.45) is 5.73 Å². The molecule has 0 saturated heterocycles. The SMILES string of the molecule is CCN(Cc1ccco1)C(CN)CCCSC. The molecule has 0 amide bonds. The minimum Gasteiger partial charge on any atom is -0.468 e. The minimum atomic E-state index is 0.470. The van der Waals surface area contributed by atoms with Crippen LogP contribution >= 0.6 is 11.8 Å². The molecule has 0 bridgehead atoms. The average molecular weight is 256 g/mol. The maximum Gasteiger partial charge on any atom is 0.117 e. The van der Waals surface area contributed by atoms with Crippen molar-refractivity contribution < 1.29 is 4.42 Å². The van der Waals surface area contributed by atoms with Crippen LogP contribution in [-0.2, 0) is 6.54 Å². The quantitative estimate of drug-likeness (QED) is 0.690. The van der Waals surface area contributed by atoms with Gasteiger partial charge < -0.3 is 10.2 Å². The van der Waals surface area contributed by atoms with Crippen LogP contribution in [0.25, 0.3) is 0 Å². The van der Waals surface area contributed by atoms with Crippen molar-refractivity contribution in [3.63, 3.8) is 0 Å². The summed E-state index contributed by atoms with van der Waals surface area (Å²) in [7, 11) is 0. The van der Waals surface area contributed by atoms with Crippen molar-refractivity contribution in [1.82, 2.24) is 4.90 Å². The molecule has 0 radical (unpaired) electrons. The molecular weight excluding hydrogens is 232 g/mol. The lowest BCUT2D eigenvalue weighted by Gasteiger charge is -2.29. The first kappa shape index (κ1) is 14.6. The van der Waals surface area contributed by atoms with Gasteiger partial charge in [0.05, 0.1) is 12.8 Å². The second kappa shape index (κ2) is 8.61. The Morgan fingerprint density at radius 1 is 1.53 bits per heavy atom.